The van der Waals surface area contributed by atoms with Crippen LogP contribution in [0.2, 0.25) is 0 Å². The summed E-state index contributed by atoms with van der Waals surface area (Å²) in [5.41, 5.74) is 2.88. The number of nitrogens with one attached hydrogen (secondary N) is 1. The van der Waals surface area contributed by atoms with Crippen molar-refractivity contribution in [1.82, 2.24) is 19.0 Å². The van der Waals surface area contributed by atoms with Gasteiger partial charge in [-0.2, -0.15) is 0 Å². The Morgan fingerprint density at radius 1 is 0.946 bits per heavy atom. The first kappa shape index (κ1) is 24.9. The number of piperazine rings is 1. The van der Waals surface area contributed by atoms with Crippen LogP contribution in [0.4, 0.5) is 5.69 Å². The molecule has 192 valence electrons. The summed E-state index contributed by atoms with van der Waals surface area (Å²) in [7, 11) is 3.10. The van der Waals surface area contributed by atoms with E-state index in [4.69, 9.17) is 4.74 Å². The molecular formula is C27H28BrN5O4. The lowest BCUT2D eigenvalue weighted by Gasteiger charge is -2.37. The topological polar surface area (TPSA) is 92.6 Å². The lowest BCUT2D eigenvalue weighted by molar-refractivity contribution is -0.138. The number of H-pyrrole nitrogens is 1. The maximum atomic E-state index is 13.0. The maximum absolute atomic E-state index is 13.0. The predicted molar refractivity (Wildman–Crippen MR) is 147 cm³/mol. The van der Waals surface area contributed by atoms with E-state index in [0.717, 1.165) is 33.4 Å². The third-order valence-electron chi connectivity index (χ3n) is 6.86. The van der Waals surface area contributed by atoms with E-state index < -0.39 is 6.10 Å². The van der Waals surface area contributed by atoms with Gasteiger partial charge in [-0.3, -0.25) is 18.7 Å². The number of nitrogens with zero attached hydrogens (tertiary/aromatic N) is 4. The normalized spacial score (nSPS) is 14.7. The van der Waals surface area contributed by atoms with Crippen molar-refractivity contribution in [3.8, 4) is 17.0 Å². The molecule has 4 aromatic rings. The Labute approximate surface area is 222 Å². The van der Waals surface area contributed by atoms with Gasteiger partial charge in [-0.1, -0.05) is 15.9 Å². The fourth-order valence-corrected chi connectivity index (χ4v) is 4.94. The minimum absolute atomic E-state index is 0.0353. The molecule has 0 spiro atoms. The van der Waals surface area contributed by atoms with Gasteiger partial charge in [0.1, 0.15) is 11.3 Å². The number of fused-ring (bicyclic) bond motifs is 1. The van der Waals surface area contributed by atoms with Gasteiger partial charge in [0.25, 0.3) is 11.5 Å². The smallest absolute Gasteiger partial charge is 0.331 e. The molecule has 9 nitrogen and oxygen atoms in total. The summed E-state index contributed by atoms with van der Waals surface area (Å²) in [6.07, 6.45) is -0.615. The Bertz CT molecular complexity index is 1560. The van der Waals surface area contributed by atoms with Crippen LogP contribution < -0.4 is 20.9 Å². The molecule has 1 fully saturated rings. The zero-order valence-corrected chi connectivity index (χ0v) is 22.5. The average molecular weight is 566 g/mol. The average Bonchev–Trinajstić information content (AvgIpc) is 3.37. The number of aromatic amines is 1. The molecule has 1 saturated heterocycles. The Morgan fingerprint density at radius 3 is 2.24 bits per heavy atom. The van der Waals surface area contributed by atoms with Crippen molar-refractivity contribution in [1.29, 1.82) is 0 Å². The first-order chi connectivity index (χ1) is 17.7. The lowest BCUT2D eigenvalue weighted by Crippen LogP contribution is -2.52. The SMILES string of the molecule is CC(Oc1ccc(-c2cc3c([nH]2)c(=O)n(C)c(=O)n3C)cc1)C(=O)N1CCN(c2ccc(Br)cc2)CC1. The first-order valence-corrected chi connectivity index (χ1v) is 12.9. The van der Waals surface area contributed by atoms with E-state index in [1.54, 1.807) is 32.2 Å². The molecule has 10 heteroatoms. The molecular weight excluding hydrogens is 538 g/mol. The summed E-state index contributed by atoms with van der Waals surface area (Å²) in [5.74, 6) is 0.546. The van der Waals surface area contributed by atoms with Crippen LogP contribution in [0, 0.1) is 0 Å². The highest BCUT2D eigenvalue weighted by Crippen LogP contribution is 2.25. The van der Waals surface area contributed by atoms with Crippen molar-refractivity contribution in [3.63, 3.8) is 0 Å². The van der Waals surface area contributed by atoms with Crippen molar-refractivity contribution >= 4 is 38.6 Å². The van der Waals surface area contributed by atoms with Crippen LogP contribution in [0.25, 0.3) is 22.3 Å². The Morgan fingerprint density at radius 2 is 1.59 bits per heavy atom. The van der Waals surface area contributed by atoms with Crippen molar-refractivity contribution in [2.24, 2.45) is 14.1 Å². The number of hydrogen-bond acceptors (Lipinski definition) is 5. The molecule has 1 amide bonds. The van der Waals surface area contributed by atoms with Gasteiger partial charge in [0, 0.05) is 56.1 Å². The number of hydrogen-bond donors (Lipinski definition) is 1. The van der Waals surface area contributed by atoms with Crippen LogP contribution in [0.15, 0.2) is 68.7 Å². The summed E-state index contributed by atoms with van der Waals surface area (Å²) >= 11 is 3.46. The summed E-state index contributed by atoms with van der Waals surface area (Å²) in [6.45, 7) is 4.60. The van der Waals surface area contributed by atoms with Gasteiger partial charge in [-0.05, 0) is 67.1 Å². The molecule has 1 aliphatic heterocycles. The minimum atomic E-state index is -0.615. The number of rotatable bonds is 5. The van der Waals surface area contributed by atoms with Gasteiger partial charge < -0.3 is 19.5 Å². The molecule has 1 unspecified atom stereocenters. The number of anilines is 1. The number of halogens is 1. The van der Waals surface area contributed by atoms with Crippen LogP contribution in [-0.4, -0.2) is 57.2 Å². The Hall–Kier alpha value is -3.79. The quantitative estimate of drug-likeness (QED) is 0.401. The number of aromatic nitrogens is 3. The largest absolute Gasteiger partial charge is 0.481 e. The predicted octanol–water partition coefficient (Wildman–Crippen LogP) is 3.11. The molecule has 0 bridgehead atoms. The van der Waals surface area contributed by atoms with Crippen molar-refractivity contribution in [2.75, 3.05) is 31.1 Å². The molecule has 37 heavy (non-hydrogen) atoms. The highest BCUT2D eigenvalue weighted by atomic mass is 79.9. The van der Waals surface area contributed by atoms with Crippen LogP contribution in [0.5, 0.6) is 5.75 Å². The molecule has 0 saturated carbocycles. The van der Waals surface area contributed by atoms with E-state index in [2.05, 4.69) is 37.9 Å². The highest BCUT2D eigenvalue weighted by molar-refractivity contribution is 9.10. The summed E-state index contributed by atoms with van der Waals surface area (Å²) in [4.78, 5) is 45.0. The van der Waals surface area contributed by atoms with Crippen LogP contribution in [-0.2, 0) is 18.9 Å². The van der Waals surface area contributed by atoms with E-state index in [1.165, 1.54) is 11.6 Å². The monoisotopic (exact) mass is 565 g/mol. The molecule has 3 heterocycles. The standard InChI is InChI=1S/C27H28BrN5O4/c1-17(25(34)33-14-12-32(13-15-33)20-8-6-19(28)7-9-20)37-21-10-4-18(5-11-21)22-16-23-24(29-22)26(35)31(3)27(36)30(23)2/h4-11,16-17,29H,12-15H2,1-3H3. The second-order valence-electron chi connectivity index (χ2n) is 9.22. The zero-order chi connectivity index (χ0) is 26.3. The molecule has 5 rings (SSSR count). The van der Waals surface area contributed by atoms with Crippen molar-refractivity contribution in [2.45, 2.75) is 13.0 Å². The fraction of sp³-hybridized carbons (Fsp3) is 0.296. The number of benzene rings is 2. The van der Waals surface area contributed by atoms with Crippen molar-refractivity contribution in [3.05, 3.63) is 79.9 Å². The molecule has 0 radical (unpaired) electrons. The summed E-state index contributed by atoms with van der Waals surface area (Å²) in [5, 5.41) is 0. The zero-order valence-electron chi connectivity index (χ0n) is 20.9. The van der Waals surface area contributed by atoms with Crippen LogP contribution in [0.1, 0.15) is 6.92 Å². The third-order valence-corrected chi connectivity index (χ3v) is 7.39. The number of ether oxygens (including phenoxy) is 1. The van der Waals surface area contributed by atoms with E-state index in [1.807, 2.05) is 29.2 Å². The van der Waals surface area contributed by atoms with Gasteiger partial charge in [-0.15, -0.1) is 0 Å². The van der Waals surface area contributed by atoms with Gasteiger partial charge in [0.15, 0.2) is 6.10 Å². The summed E-state index contributed by atoms with van der Waals surface area (Å²) in [6, 6.07) is 17.3. The molecule has 1 aliphatic rings. The van der Waals surface area contributed by atoms with Crippen LogP contribution >= 0.6 is 15.9 Å². The second-order valence-corrected chi connectivity index (χ2v) is 10.1. The van der Waals surface area contributed by atoms with E-state index >= 15 is 0 Å². The fourth-order valence-electron chi connectivity index (χ4n) is 4.67. The van der Waals surface area contributed by atoms with Gasteiger partial charge in [0.2, 0.25) is 0 Å². The summed E-state index contributed by atoms with van der Waals surface area (Å²) < 4.78 is 9.53. The van der Waals surface area contributed by atoms with Gasteiger partial charge >= 0.3 is 5.69 Å². The van der Waals surface area contributed by atoms with Crippen molar-refractivity contribution < 1.29 is 9.53 Å². The Balaban J connectivity index is 1.23. The van der Waals surface area contributed by atoms with Gasteiger partial charge in [0.05, 0.1) is 5.52 Å². The maximum Gasteiger partial charge on any atom is 0.331 e. The third kappa shape index (κ3) is 4.81. The van der Waals surface area contributed by atoms with E-state index in [-0.39, 0.29) is 17.2 Å². The minimum Gasteiger partial charge on any atom is -0.481 e. The molecule has 0 aliphatic carbocycles. The first-order valence-electron chi connectivity index (χ1n) is 12.1. The Kier molecular flexibility index (Phi) is 6.68. The van der Waals surface area contributed by atoms with Gasteiger partial charge in [-0.25, -0.2) is 4.79 Å². The number of amides is 1. The van der Waals surface area contributed by atoms with Crippen LogP contribution in [0.3, 0.4) is 0 Å². The molecule has 1 N–H and O–H groups in total. The molecule has 1 atom stereocenters. The van der Waals surface area contributed by atoms with E-state index in [0.29, 0.717) is 35.6 Å². The number of aryl methyl sites for hydroxylation is 1. The molecule has 2 aromatic carbocycles. The van der Waals surface area contributed by atoms with E-state index in [9.17, 15) is 14.4 Å². The second kappa shape index (κ2) is 9.93. The lowest BCUT2D eigenvalue weighted by atomic mass is 10.1. The highest BCUT2D eigenvalue weighted by Gasteiger charge is 2.26. The number of carbonyl (C=O) groups excluding carboxylic acids is 1. The molecule has 2 aromatic heterocycles. The number of carbonyl (C=O) groups is 1.